The standard InChI is InChI=1S/C16H19N3OS/c1-5-8-19-13(4)17-18-16(19)21-10-15(20)14-7-6-11(2)9-12(14)3/h5-7,9H,1,8,10H2,2-4H3. The highest BCUT2D eigenvalue weighted by atomic mass is 32.2. The van der Waals surface area contributed by atoms with Crippen molar-refractivity contribution in [2.24, 2.45) is 0 Å². The second kappa shape index (κ2) is 6.72. The quantitative estimate of drug-likeness (QED) is 0.466. The SMILES string of the molecule is C=CCn1c(C)nnc1SCC(=O)c1ccc(C)cc1C. The average molecular weight is 301 g/mol. The molecule has 0 atom stereocenters. The summed E-state index contributed by atoms with van der Waals surface area (Å²) in [6.45, 7) is 10.3. The number of ketones is 1. The van der Waals surface area contributed by atoms with Gasteiger partial charge in [0.2, 0.25) is 0 Å². The first-order valence-electron chi connectivity index (χ1n) is 6.77. The Bertz CT molecular complexity index is 676. The van der Waals surface area contributed by atoms with Crippen LogP contribution in [0.2, 0.25) is 0 Å². The lowest BCUT2D eigenvalue weighted by molar-refractivity contribution is 0.102. The van der Waals surface area contributed by atoms with Crippen molar-refractivity contribution in [1.82, 2.24) is 14.8 Å². The zero-order valence-electron chi connectivity index (χ0n) is 12.6. The third-order valence-electron chi connectivity index (χ3n) is 3.23. The van der Waals surface area contributed by atoms with E-state index in [9.17, 15) is 4.79 Å². The molecule has 5 heteroatoms. The molecule has 2 rings (SSSR count). The van der Waals surface area contributed by atoms with Crippen molar-refractivity contribution in [3.8, 4) is 0 Å². The Labute approximate surface area is 129 Å². The Morgan fingerprint density at radius 3 is 2.76 bits per heavy atom. The number of hydrogen-bond donors (Lipinski definition) is 0. The van der Waals surface area contributed by atoms with Gasteiger partial charge >= 0.3 is 0 Å². The molecule has 0 bridgehead atoms. The van der Waals surface area contributed by atoms with Gasteiger partial charge in [-0.25, -0.2) is 0 Å². The fourth-order valence-corrected chi connectivity index (χ4v) is 3.02. The van der Waals surface area contributed by atoms with Crippen LogP contribution in [0.3, 0.4) is 0 Å². The Morgan fingerprint density at radius 1 is 1.33 bits per heavy atom. The van der Waals surface area contributed by atoms with Crippen molar-refractivity contribution in [2.75, 3.05) is 5.75 Å². The van der Waals surface area contributed by atoms with Crippen LogP contribution in [0.15, 0.2) is 36.0 Å². The van der Waals surface area contributed by atoms with Crippen LogP contribution in [0.4, 0.5) is 0 Å². The third kappa shape index (κ3) is 3.61. The number of allylic oxidation sites excluding steroid dienone is 1. The van der Waals surface area contributed by atoms with Gasteiger partial charge in [0, 0.05) is 12.1 Å². The van der Waals surface area contributed by atoms with Gasteiger partial charge < -0.3 is 4.57 Å². The Balaban J connectivity index is 2.09. The number of benzene rings is 1. The number of nitrogens with zero attached hydrogens (tertiary/aromatic N) is 3. The first-order chi connectivity index (χ1) is 10.0. The Kier molecular flexibility index (Phi) is 4.96. The molecule has 110 valence electrons. The van der Waals surface area contributed by atoms with Crippen molar-refractivity contribution >= 4 is 17.5 Å². The van der Waals surface area contributed by atoms with E-state index >= 15 is 0 Å². The van der Waals surface area contributed by atoms with Gasteiger partial charge in [0.1, 0.15) is 5.82 Å². The van der Waals surface area contributed by atoms with Crippen molar-refractivity contribution in [3.05, 3.63) is 53.4 Å². The summed E-state index contributed by atoms with van der Waals surface area (Å²) >= 11 is 1.42. The lowest BCUT2D eigenvalue weighted by Gasteiger charge is -2.07. The normalized spacial score (nSPS) is 10.6. The molecular weight excluding hydrogens is 282 g/mol. The monoisotopic (exact) mass is 301 g/mol. The molecule has 0 saturated heterocycles. The largest absolute Gasteiger partial charge is 0.302 e. The van der Waals surface area contributed by atoms with Crippen LogP contribution in [0, 0.1) is 20.8 Å². The molecule has 2 aromatic rings. The summed E-state index contributed by atoms with van der Waals surface area (Å²) in [5.74, 6) is 1.30. The van der Waals surface area contributed by atoms with Crippen LogP contribution in [0.5, 0.6) is 0 Å². The summed E-state index contributed by atoms with van der Waals surface area (Å²) in [7, 11) is 0. The van der Waals surface area contributed by atoms with Crippen LogP contribution >= 0.6 is 11.8 Å². The molecular formula is C16H19N3OS. The van der Waals surface area contributed by atoms with Crippen LogP contribution < -0.4 is 0 Å². The van der Waals surface area contributed by atoms with Crippen LogP contribution in [0.1, 0.15) is 27.3 Å². The maximum Gasteiger partial charge on any atom is 0.191 e. The minimum absolute atomic E-state index is 0.114. The molecule has 0 aliphatic heterocycles. The summed E-state index contributed by atoms with van der Waals surface area (Å²) in [5.41, 5.74) is 2.96. The fraction of sp³-hybridized carbons (Fsp3) is 0.312. The second-order valence-electron chi connectivity index (χ2n) is 4.96. The molecule has 0 saturated carbocycles. The minimum atomic E-state index is 0.114. The smallest absolute Gasteiger partial charge is 0.191 e. The summed E-state index contributed by atoms with van der Waals surface area (Å²) in [4.78, 5) is 12.3. The molecule has 4 nitrogen and oxygen atoms in total. The van der Waals surface area contributed by atoms with Crippen LogP contribution in [-0.4, -0.2) is 26.3 Å². The molecule has 0 amide bonds. The predicted octanol–water partition coefficient (Wildman–Crippen LogP) is 3.36. The highest BCUT2D eigenvalue weighted by Crippen LogP contribution is 2.20. The molecule has 21 heavy (non-hydrogen) atoms. The van der Waals surface area contributed by atoms with E-state index in [0.29, 0.717) is 12.3 Å². The zero-order chi connectivity index (χ0) is 15.4. The number of Topliss-reactive ketones (excluding diaryl/α,β-unsaturated/α-hetero) is 1. The van der Waals surface area contributed by atoms with Crippen molar-refractivity contribution < 1.29 is 4.79 Å². The molecule has 0 fully saturated rings. The molecule has 0 aliphatic rings. The minimum Gasteiger partial charge on any atom is -0.302 e. The van der Waals surface area contributed by atoms with E-state index in [1.54, 1.807) is 6.08 Å². The summed E-state index contributed by atoms with van der Waals surface area (Å²) in [6, 6.07) is 5.89. The van der Waals surface area contributed by atoms with Crippen LogP contribution in [0.25, 0.3) is 0 Å². The van der Waals surface area contributed by atoms with Crippen molar-refractivity contribution in [2.45, 2.75) is 32.5 Å². The van der Waals surface area contributed by atoms with E-state index in [1.165, 1.54) is 11.8 Å². The summed E-state index contributed by atoms with van der Waals surface area (Å²) < 4.78 is 1.95. The van der Waals surface area contributed by atoms with E-state index in [-0.39, 0.29) is 5.78 Å². The highest BCUT2D eigenvalue weighted by Gasteiger charge is 2.13. The van der Waals surface area contributed by atoms with Crippen molar-refractivity contribution in [3.63, 3.8) is 0 Å². The number of carbonyl (C=O) groups excluding carboxylic acids is 1. The maximum absolute atomic E-state index is 12.3. The summed E-state index contributed by atoms with van der Waals surface area (Å²) in [6.07, 6.45) is 1.80. The Hall–Kier alpha value is -1.88. The van der Waals surface area contributed by atoms with E-state index in [0.717, 1.165) is 27.7 Å². The number of aromatic nitrogens is 3. The maximum atomic E-state index is 12.3. The molecule has 0 N–H and O–H groups in total. The Morgan fingerprint density at radius 2 is 2.10 bits per heavy atom. The molecule has 0 radical (unpaired) electrons. The van der Waals surface area contributed by atoms with Crippen molar-refractivity contribution in [1.29, 1.82) is 0 Å². The number of hydrogen-bond acceptors (Lipinski definition) is 4. The van der Waals surface area contributed by atoms with Gasteiger partial charge in [-0.05, 0) is 26.3 Å². The first kappa shape index (κ1) is 15.5. The van der Waals surface area contributed by atoms with Gasteiger partial charge in [-0.15, -0.1) is 16.8 Å². The lowest BCUT2D eigenvalue weighted by atomic mass is 10.0. The molecule has 0 aliphatic carbocycles. The second-order valence-corrected chi connectivity index (χ2v) is 5.90. The zero-order valence-corrected chi connectivity index (χ0v) is 13.4. The van der Waals surface area contributed by atoms with Gasteiger partial charge in [0.25, 0.3) is 0 Å². The third-order valence-corrected chi connectivity index (χ3v) is 4.19. The van der Waals surface area contributed by atoms with Gasteiger partial charge in [-0.2, -0.15) is 0 Å². The van der Waals surface area contributed by atoms with Gasteiger partial charge in [-0.3, -0.25) is 4.79 Å². The fourth-order valence-electron chi connectivity index (χ4n) is 2.14. The predicted molar refractivity (Wildman–Crippen MR) is 85.9 cm³/mol. The van der Waals surface area contributed by atoms with Gasteiger partial charge in [-0.1, -0.05) is 41.6 Å². The number of rotatable bonds is 6. The molecule has 1 heterocycles. The van der Waals surface area contributed by atoms with Crippen LogP contribution in [-0.2, 0) is 6.54 Å². The summed E-state index contributed by atoms with van der Waals surface area (Å²) in [5, 5.41) is 8.92. The lowest BCUT2D eigenvalue weighted by Crippen LogP contribution is -2.07. The van der Waals surface area contributed by atoms with E-state index in [2.05, 4.69) is 16.8 Å². The highest BCUT2D eigenvalue weighted by molar-refractivity contribution is 7.99. The number of thioether (sulfide) groups is 1. The molecule has 1 aromatic carbocycles. The van der Waals surface area contributed by atoms with E-state index in [1.807, 2.05) is 43.5 Å². The molecule has 1 aromatic heterocycles. The van der Waals surface area contributed by atoms with Gasteiger partial charge in [0.05, 0.1) is 5.75 Å². The first-order valence-corrected chi connectivity index (χ1v) is 7.75. The van der Waals surface area contributed by atoms with Gasteiger partial charge in [0.15, 0.2) is 10.9 Å². The average Bonchev–Trinajstić information content (AvgIpc) is 2.78. The number of carbonyl (C=O) groups is 1. The topological polar surface area (TPSA) is 47.8 Å². The van der Waals surface area contributed by atoms with E-state index in [4.69, 9.17) is 0 Å². The molecule has 0 unspecified atom stereocenters. The molecule has 0 spiro atoms. The van der Waals surface area contributed by atoms with E-state index < -0.39 is 0 Å². The number of aryl methyl sites for hydroxylation is 3.